The molecule has 2 nitrogen and oxygen atoms in total. The third-order valence-electron chi connectivity index (χ3n) is 3.28. The van der Waals surface area contributed by atoms with Crippen LogP contribution in [0.4, 0.5) is 0 Å². The first-order chi connectivity index (χ1) is 7.12. The number of aliphatic hydroxyl groups is 1. The zero-order valence-corrected chi connectivity index (χ0v) is 12.8. The molecule has 0 aromatic heterocycles. The van der Waals surface area contributed by atoms with Crippen LogP contribution in [0.1, 0.15) is 27.2 Å². The quantitative estimate of drug-likeness (QED) is 0.452. The van der Waals surface area contributed by atoms with E-state index in [4.69, 9.17) is 16.0 Å². The summed E-state index contributed by atoms with van der Waals surface area (Å²) in [5, 5.41) is 9.47. The van der Waals surface area contributed by atoms with Crippen LogP contribution in [0.5, 0.6) is 0 Å². The molecule has 0 radical (unpaired) electrons. The number of alkyl halides is 1. The highest BCUT2D eigenvalue weighted by Gasteiger charge is 2.37. The molecule has 0 saturated carbocycles. The van der Waals surface area contributed by atoms with Gasteiger partial charge in [0.05, 0.1) is 11.5 Å². The van der Waals surface area contributed by atoms with Gasteiger partial charge in [0.15, 0.2) is 8.32 Å². The topological polar surface area (TPSA) is 29.5 Å². The molecule has 0 aromatic rings. The SMILES string of the molecule is C=C[C@H](Cl)[C@@H](O)CCO[Si](C)(C)C(C)(C)C. The Morgan fingerprint density at radius 3 is 2.31 bits per heavy atom. The van der Waals surface area contributed by atoms with Crippen molar-refractivity contribution in [3.63, 3.8) is 0 Å². The van der Waals surface area contributed by atoms with Crippen molar-refractivity contribution >= 4 is 19.9 Å². The minimum Gasteiger partial charge on any atom is -0.417 e. The first kappa shape index (κ1) is 16.2. The number of halogens is 1. The molecule has 0 aliphatic heterocycles. The maximum absolute atomic E-state index is 9.65. The lowest BCUT2D eigenvalue weighted by Crippen LogP contribution is -2.41. The first-order valence-electron chi connectivity index (χ1n) is 5.70. The van der Waals surface area contributed by atoms with Gasteiger partial charge in [-0.2, -0.15) is 0 Å². The summed E-state index contributed by atoms with van der Waals surface area (Å²) in [6.07, 6.45) is 1.55. The fourth-order valence-electron chi connectivity index (χ4n) is 0.968. The summed E-state index contributed by atoms with van der Waals surface area (Å²) in [5.74, 6) is 0. The second-order valence-electron chi connectivity index (χ2n) is 5.64. The van der Waals surface area contributed by atoms with Gasteiger partial charge in [0.1, 0.15) is 0 Å². The van der Waals surface area contributed by atoms with E-state index in [-0.39, 0.29) is 10.4 Å². The molecule has 4 heteroatoms. The van der Waals surface area contributed by atoms with Crippen LogP contribution in [0.15, 0.2) is 12.7 Å². The lowest BCUT2D eigenvalue weighted by molar-refractivity contribution is 0.140. The predicted octanol–water partition coefficient (Wildman–Crippen LogP) is 3.55. The minimum atomic E-state index is -1.70. The summed E-state index contributed by atoms with van der Waals surface area (Å²) in [4.78, 5) is 0. The van der Waals surface area contributed by atoms with Crippen molar-refractivity contribution in [2.24, 2.45) is 0 Å². The average Bonchev–Trinajstić information content (AvgIpc) is 2.14. The Balaban J connectivity index is 4.04. The molecule has 0 saturated heterocycles. The van der Waals surface area contributed by atoms with Gasteiger partial charge in [0.2, 0.25) is 0 Å². The largest absolute Gasteiger partial charge is 0.417 e. The Morgan fingerprint density at radius 2 is 1.94 bits per heavy atom. The van der Waals surface area contributed by atoms with Gasteiger partial charge < -0.3 is 9.53 Å². The molecule has 0 aromatic carbocycles. The van der Waals surface area contributed by atoms with E-state index >= 15 is 0 Å². The van der Waals surface area contributed by atoms with Crippen molar-refractivity contribution < 1.29 is 9.53 Å². The highest BCUT2D eigenvalue weighted by Crippen LogP contribution is 2.36. The first-order valence-corrected chi connectivity index (χ1v) is 9.05. The second kappa shape index (κ2) is 6.19. The number of rotatable bonds is 6. The fraction of sp³-hybridized carbons (Fsp3) is 0.833. The van der Waals surface area contributed by atoms with Gasteiger partial charge in [-0.3, -0.25) is 0 Å². The van der Waals surface area contributed by atoms with Crippen molar-refractivity contribution in [2.45, 2.75) is 56.8 Å². The molecule has 0 heterocycles. The molecule has 0 bridgehead atoms. The van der Waals surface area contributed by atoms with Gasteiger partial charge >= 0.3 is 0 Å². The Hall–Kier alpha value is 0.167. The molecule has 0 amide bonds. The van der Waals surface area contributed by atoms with Crippen LogP contribution >= 0.6 is 11.6 Å². The van der Waals surface area contributed by atoms with E-state index in [1.807, 2.05) is 0 Å². The molecular formula is C12H25ClO2Si. The molecule has 1 N–H and O–H groups in total. The maximum atomic E-state index is 9.65. The summed E-state index contributed by atoms with van der Waals surface area (Å²) in [6, 6.07) is 0. The third-order valence-corrected chi connectivity index (χ3v) is 8.28. The van der Waals surface area contributed by atoms with Crippen LogP contribution in [-0.4, -0.2) is 31.5 Å². The Kier molecular flexibility index (Phi) is 6.26. The smallest absolute Gasteiger partial charge is 0.191 e. The monoisotopic (exact) mass is 264 g/mol. The molecule has 96 valence electrons. The lowest BCUT2D eigenvalue weighted by Gasteiger charge is -2.36. The second-order valence-corrected chi connectivity index (χ2v) is 11.0. The van der Waals surface area contributed by atoms with Gasteiger partial charge in [0.25, 0.3) is 0 Å². The maximum Gasteiger partial charge on any atom is 0.191 e. The minimum absolute atomic E-state index is 0.205. The number of aliphatic hydroxyl groups excluding tert-OH is 1. The third kappa shape index (κ3) is 5.00. The van der Waals surface area contributed by atoms with E-state index in [9.17, 15) is 5.11 Å². The lowest BCUT2D eigenvalue weighted by atomic mass is 10.2. The predicted molar refractivity (Wildman–Crippen MR) is 73.6 cm³/mol. The van der Waals surface area contributed by atoms with Crippen molar-refractivity contribution in [1.82, 2.24) is 0 Å². The van der Waals surface area contributed by atoms with Gasteiger partial charge in [0, 0.05) is 6.61 Å². The van der Waals surface area contributed by atoms with Crippen LogP contribution in [-0.2, 0) is 4.43 Å². The molecule has 0 unspecified atom stereocenters. The standard InChI is InChI=1S/C12H25ClO2Si/c1-7-10(13)11(14)8-9-15-16(5,6)12(2,3)4/h7,10-11,14H,1,8-9H2,2-6H3/t10-,11-/m0/s1. The van der Waals surface area contributed by atoms with E-state index in [1.165, 1.54) is 0 Å². The van der Waals surface area contributed by atoms with Crippen LogP contribution < -0.4 is 0 Å². The zero-order chi connectivity index (χ0) is 13.0. The van der Waals surface area contributed by atoms with Crippen LogP contribution in [0.25, 0.3) is 0 Å². The van der Waals surface area contributed by atoms with Gasteiger partial charge in [-0.1, -0.05) is 26.8 Å². The van der Waals surface area contributed by atoms with Gasteiger partial charge in [-0.05, 0) is 24.6 Å². The van der Waals surface area contributed by atoms with Crippen molar-refractivity contribution in [3.05, 3.63) is 12.7 Å². The Bertz CT molecular complexity index is 224. The number of hydrogen-bond acceptors (Lipinski definition) is 2. The molecule has 0 fully saturated rings. The summed E-state index contributed by atoms with van der Waals surface area (Å²) < 4.78 is 5.95. The highest BCUT2D eigenvalue weighted by atomic mass is 35.5. The molecule has 0 aliphatic carbocycles. The van der Waals surface area contributed by atoms with E-state index in [0.29, 0.717) is 13.0 Å². The molecule has 0 spiro atoms. The van der Waals surface area contributed by atoms with Crippen molar-refractivity contribution in [2.75, 3.05) is 6.61 Å². The van der Waals surface area contributed by atoms with Crippen molar-refractivity contribution in [3.8, 4) is 0 Å². The van der Waals surface area contributed by atoms with Crippen LogP contribution in [0, 0.1) is 0 Å². The summed E-state index contributed by atoms with van der Waals surface area (Å²) in [7, 11) is -1.70. The summed E-state index contributed by atoms with van der Waals surface area (Å²) in [6.45, 7) is 15.1. The van der Waals surface area contributed by atoms with Crippen LogP contribution in [0.3, 0.4) is 0 Å². The fourth-order valence-corrected chi connectivity index (χ4v) is 2.15. The van der Waals surface area contributed by atoms with Gasteiger partial charge in [-0.15, -0.1) is 18.2 Å². The van der Waals surface area contributed by atoms with Crippen LogP contribution in [0.2, 0.25) is 18.1 Å². The molecule has 16 heavy (non-hydrogen) atoms. The van der Waals surface area contributed by atoms with Gasteiger partial charge in [-0.25, -0.2) is 0 Å². The Morgan fingerprint density at radius 1 is 1.44 bits per heavy atom. The van der Waals surface area contributed by atoms with E-state index < -0.39 is 14.4 Å². The molecular weight excluding hydrogens is 240 g/mol. The van der Waals surface area contributed by atoms with E-state index in [0.717, 1.165) is 0 Å². The normalized spacial score (nSPS) is 16.9. The van der Waals surface area contributed by atoms with E-state index in [2.05, 4.69) is 40.4 Å². The molecule has 0 aliphatic rings. The molecule has 0 rings (SSSR count). The average molecular weight is 265 g/mol. The zero-order valence-electron chi connectivity index (χ0n) is 11.1. The van der Waals surface area contributed by atoms with E-state index in [1.54, 1.807) is 6.08 Å². The summed E-state index contributed by atoms with van der Waals surface area (Å²) >= 11 is 5.84. The number of hydrogen-bond donors (Lipinski definition) is 1. The summed E-state index contributed by atoms with van der Waals surface area (Å²) in [5.41, 5.74) is 0. The molecule has 2 atom stereocenters. The highest BCUT2D eigenvalue weighted by molar-refractivity contribution is 6.74. The Labute approximate surface area is 106 Å². The van der Waals surface area contributed by atoms with Crippen molar-refractivity contribution in [1.29, 1.82) is 0 Å².